The van der Waals surface area contributed by atoms with Crippen LogP contribution in [0.15, 0.2) is 72.8 Å². The minimum absolute atomic E-state index is 0.0454. The third kappa shape index (κ3) is 3.01. The van der Waals surface area contributed by atoms with Gasteiger partial charge in [-0.1, -0.05) is 67.6 Å². The lowest BCUT2D eigenvalue weighted by Gasteiger charge is -2.15. The zero-order chi connectivity index (χ0) is 15.4. The Morgan fingerprint density at radius 3 is 2.32 bits per heavy atom. The third-order valence-electron chi connectivity index (χ3n) is 3.94. The van der Waals surface area contributed by atoms with Gasteiger partial charge < -0.3 is 5.32 Å². The first-order valence-corrected chi connectivity index (χ1v) is 7.62. The summed E-state index contributed by atoms with van der Waals surface area (Å²) in [6.45, 7) is 2.04. The lowest BCUT2D eigenvalue weighted by Crippen LogP contribution is -2.20. The molecule has 0 saturated heterocycles. The smallest absolute Gasteiger partial charge is 0.231 e. The van der Waals surface area contributed by atoms with Crippen molar-refractivity contribution in [3.05, 3.63) is 78.4 Å². The molecule has 0 saturated carbocycles. The number of anilines is 1. The standard InChI is InChI=1S/C20H19NO/c1-2-19(16-9-4-3-5-10-16)20(22)21-18-13-12-15-8-6-7-11-17(15)14-18/h3-14,19H,2H2,1H3,(H,21,22)/t19-/m0/s1. The Bertz CT molecular complexity index is 780. The zero-order valence-corrected chi connectivity index (χ0v) is 12.6. The molecular formula is C20H19NO. The number of hydrogen-bond donors (Lipinski definition) is 1. The van der Waals surface area contributed by atoms with Crippen LogP contribution in [0.1, 0.15) is 24.8 Å². The van der Waals surface area contributed by atoms with Gasteiger partial charge in [-0.3, -0.25) is 4.79 Å². The molecule has 0 fully saturated rings. The minimum atomic E-state index is -0.118. The third-order valence-corrected chi connectivity index (χ3v) is 3.94. The van der Waals surface area contributed by atoms with Crippen LogP contribution in [-0.2, 0) is 4.79 Å². The van der Waals surface area contributed by atoms with Gasteiger partial charge in [-0.05, 0) is 34.9 Å². The van der Waals surface area contributed by atoms with Gasteiger partial charge in [0.2, 0.25) is 5.91 Å². The van der Waals surface area contributed by atoms with Crippen molar-refractivity contribution in [2.45, 2.75) is 19.3 Å². The van der Waals surface area contributed by atoms with Gasteiger partial charge in [-0.15, -0.1) is 0 Å². The molecule has 22 heavy (non-hydrogen) atoms. The van der Waals surface area contributed by atoms with Gasteiger partial charge in [0, 0.05) is 5.69 Å². The van der Waals surface area contributed by atoms with Crippen LogP contribution < -0.4 is 5.32 Å². The predicted molar refractivity (Wildman–Crippen MR) is 92.1 cm³/mol. The summed E-state index contributed by atoms with van der Waals surface area (Å²) in [5.41, 5.74) is 1.90. The molecular weight excluding hydrogens is 270 g/mol. The van der Waals surface area contributed by atoms with Crippen LogP contribution in [-0.4, -0.2) is 5.91 Å². The average Bonchev–Trinajstić information content (AvgIpc) is 2.56. The summed E-state index contributed by atoms with van der Waals surface area (Å²) in [7, 11) is 0. The summed E-state index contributed by atoms with van der Waals surface area (Å²) in [6.07, 6.45) is 0.781. The van der Waals surface area contributed by atoms with Crippen LogP contribution in [0.2, 0.25) is 0 Å². The Kier molecular flexibility index (Phi) is 4.19. The van der Waals surface area contributed by atoms with Gasteiger partial charge in [0.05, 0.1) is 5.92 Å². The van der Waals surface area contributed by atoms with Crippen molar-refractivity contribution >= 4 is 22.4 Å². The fourth-order valence-electron chi connectivity index (χ4n) is 2.75. The summed E-state index contributed by atoms with van der Waals surface area (Å²) >= 11 is 0. The molecule has 0 aliphatic heterocycles. The van der Waals surface area contributed by atoms with Crippen LogP contribution in [0.25, 0.3) is 10.8 Å². The second-order valence-electron chi connectivity index (χ2n) is 5.42. The molecule has 3 rings (SSSR count). The number of nitrogens with one attached hydrogen (secondary N) is 1. The Morgan fingerprint density at radius 2 is 1.59 bits per heavy atom. The Morgan fingerprint density at radius 1 is 0.909 bits per heavy atom. The summed E-state index contributed by atoms with van der Waals surface area (Å²) < 4.78 is 0. The molecule has 0 radical (unpaired) electrons. The van der Waals surface area contributed by atoms with E-state index in [1.165, 1.54) is 5.39 Å². The SMILES string of the molecule is CC[C@H](C(=O)Nc1ccc2ccccc2c1)c1ccccc1. The van der Waals surface area contributed by atoms with Crippen molar-refractivity contribution in [1.82, 2.24) is 0 Å². The zero-order valence-electron chi connectivity index (χ0n) is 12.6. The van der Waals surface area contributed by atoms with Crippen molar-refractivity contribution in [3.63, 3.8) is 0 Å². The highest BCUT2D eigenvalue weighted by Crippen LogP contribution is 2.23. The fourth-order valence-corrected chi connectivity index (χ4v) is 2.75. The lowest BCUT2D eigenvalue weighted by molar-refractivity contribution is -0.117. The first-order valence-electron chi connectivity index (χ1n) is 7.62. The molecule has 1 N–H and O–H groups in total. The summed E-state index contributed by atoms with van der Waals surface area (Å²) in [5, 5.41) is 5.35. The number of amides is 1. The quantitative estimate of drug-likeness (QED) is 0.721. The molecule has 0 heterocycles. The van der Waals surface area contributed by atoms with Gasteiger partial charge in [-0.2, -0.15) is 0 Å². The maximum Gasteiger partial charge on any atom is 0.231 e. The van der Waals surface area contributed by atoms with E-state index in [4.69, 9.17) is 0 Å². The molecule has 110 valence electrons. The molecule has 2 nitrogen and oxygen atoms in total. The topological polar surface area (TPSA) is 29.1 Å². The second-order valence-corrected chi connectivity index (χ2v) is 5.42. The van der Waals surface area contributed by atoms with E-state index < -0.39 is 0 Å². The molecule has 0 aliphatic carbocycles. The van der Waals surface area contributed by atoms with Crippen molar-refractivity contribution in [2.24, 2.45) is 0 Å². The normalized spacial score (nSPS) is 12.0. The van der Waals surface area contributed by atoms with E-state index in [9.17, 15) is 4.79 Å². The predicted octanol–water partition coefficient (Wildman–Crippen LogP) is 4.97. The molecule has 0 aromatic heterocycles. The maximum absolute atomic E-state index is 12.6. The van der Waals surface area contributed by atoms with Gasteiger partial charge in [0.1, 0.15) is 0 Å². The van der Waals surface area contributed by atoms with E-state index in [-0.39, 0.29) is 11.8 Å². The minimum Gasteiger partial charge on any atom is -0.326 e. The summed E-state index contributed by atoms with van der Waals surface area (Å²) in [4.78, 5) is 12.6. The highest BCUT2D eigenvalue weighted by atomic mass is 16.1. The molecule has 1 amide bonds. The highest BCUT2D eigenvalue weighted by molar-refractivity contribution is 5.98. The van der Waals surface area contributed by atoms with E-state index >= 15 is 0 Å². The molecule has 2 heteroatoms. The van der Waals surface area contributed by atoms with Crippen molar-refractivity contribution in [3.8, 4) is 0 Å². The highest BCUT2D eigenvalue weighted by Gasteiger charge is 2.18. The van der Waals surface area contributed by atoms with Crippen molar-refractivity contribution in [2.75, 3.05) is 5.32 Å². The maximum atomic E-state index is 12.6. The molecule has 3 aromatic rings. The molecule has 0 bridgehead atoms. The molecule has 0 unspecified atom stereocenters. The molecule has 3 aromatic carbocycles. The van der Waals surface area contributed by atoms with Crippen molar-refractivity contribution < 1.29 is 4.79 Å². The second kappa shape index (κ2) is 6.44. The van der Waals surface area contributed by atoms with Gasteiger partial charge in [0.25, 0.3) is 0 Å². The number of fused-ring (bicyclic) bond motifs is 1. The number of carbonyl (C=O) groups is 1. The Labute approximate surface area is 130 Å². The first kappa shape index (κ1) is 14.3. The number of rotatable bonds is 4. The summed E-state index contributed by atoms with van der Waals surface area (Å²) in [5.74, 6) is -0.0725. The van der Waals surface area contributed by atoms with E-state index in [2.05, 4.69) is 17.4 Å². The lowest BCUT2D eigenvalue weighted by atomic mass is 9.95. The molecule has 0 spiro atoms. The monoisotopic (exact) mass is 289 g/mol. The molecule has 1 atom stereocenters. The Balaban J connectivity index is 1.82. The molecule has 0 aliphatic rings. The van der Waals surface area contributed by atoms with Crippen LogP contribution in [0.3, 0.4) is 0 Å². The van der Waals surface area contributed by atoms with E-state index in [1.807, 2.05) is 67.6 Å². The van der Waals surface area contributed by atoms with E-state index in [0.717, 1.165) is 23.1 Å². The average molecular weight is 289 g/mol. The summed E-state index contributed by atoms with van der Waals surface area (Å²) in [6, 6.07) is 24.1. The van der Waals surface area contributed by atoms with E-state index in [1.54, 1.807) is 0 Å². The van der Waals surface area contributed by atoms with Gasteiger partial charge >= 0.3 is 0 Å². The first-order chi connectivity index (χ1) is 10.8. The van der Waals surface area contributed by atoms with Crippen LogP contribution in [0.5, 0.6) is 0 Å². The van der Waals surface area contributed by atoms with Gasteiger partial charge in [0.15, 0.2) is 0 Å². The van der Waals surface area contributed by atoms with Crippen LogP contribution in [0.4, 0.5) is 5.69 Å². The van der Waals surface area contributed by atoms with E-state index in [0.29, 0.717) is 0 Å². The fraction of sp³-hybridized carbons (Fsp3) is 0.150. The number of benzene rings is 3. The Hall–Kier alpha value is -2.61. The van der Waals surface area contributed by atoms with Crippen molar-refractivity contribution in [1.29, 1.82) is 0 Å². The van der Waals surface area contributed by atoms with Crippen LogP contribution >= 0.6 is 0 Å². The number of carbonyl (C=O) groups excluding carboxylic acids is 1. The van der Waals surface area contributed by atoms with Gasteiger partial charge in [-0.25, -0.2) is 0 Å². The largest absolute Gasteiger partial charge is 0.326 e. The van der Waals surface area contributed by atoms with Crippen LogP contribution in [0, 0.1) is 0 Å². The number of hydrogen-bond acceptors (Lipinski definition) is 1.